The number of hydrogen-bond acceptors (Lipinski definition) is 10. The van der Waals surface area contributed by atoms with Crippen molar-refractivity contribution < 1.29 is 28.2 Å². The molecule has 1 saturated heterocycles. The van der Waals surface area contributed by atoms with E-state index in [0.717, 1.165) is 18.6 Å². The first kappa shape index (κ1) is 21.0. The van der Waals surface area contributed by atoms with Crippen molar-refractivity contribution in [3.8, 4) is 0 Å². The second-order valence-corrected chi connectivity index (χ2v) is 7.13. The Hall–Kier alpha value is -2.67. The molecule has 13 heteroatoms. The minimum Gasteiger partial charge on any atom is -0.469 e. The minimum absolute atomic E-state index is 0.0995. The van der Waals surface area contributed by atoms with Crippen LogP contribution in [0.5, 0.6) is 0 Å². The van der Waals surface area contributed by atoms with Gasteiger partial charge in [0.25, 0.3) is 0 Å². The molecule has 4 atom stereocenters. The smallest absolute Gasteiger partial charge is 0.333 e. The number of imidazole rings is 1. The first-order chi connectivity index (χ1) is 13.8. The van der Waals surface area contributed by atoms with Gasteiger partial charge in [0, 0.05) is 6.92 Å². The van der Waals surface area contributed by atoms with Gasteiger partial charge in [-0.3, -0.25) is 14.2 Å². The van der Waals surface area contributed by atoms with Gasteiger partial charge < -0.3 is 19.9 Å². The molecular formula is C16H20FN5O6S. The number of esters is 2. The first-order valence-corrected chi connectivity index (χ1v) is 9.93. The molecule has 1 aliphatic heterocycles. The van der Waals surface area contributed by atoms with Gasteiger partial charge in [0.05, 0.1) is 25.6 Å². The monoisotopic (exact) mass is 429 g/mol. The molecule has 0 amide bonds. The van der Waals surface area contributed by atoms with Crippen LogP contribution in [-0.2, 0) is 29.7 Å². The fraction of sp³-hybridized carbons (Fsp3) is 0.562. The van der Waals surface area contributed by atoms with Crippen LogP contribution in [0, 0.1) is 0 Å². The molecule has 3 heterocycles. The molecule has 2 aromatic rings. The van der Waals surface area contributed by atoms with Gasteiger partial charge in [-0.15, -0.1) is 11.8 Å². The Morgan fingerprint density at radius 2 is 2.17 bits per heavy atom. The van der Waals surface area contributed by atoms with Crippen molar-refractivity contribution >= 4 is 40.8 Å². The highest BCUT2D eigenvalue weighted by atomic mass is 32.2. The van der Waals surface area contributed by atoms with E-state index in [1.54, 1.807) is 6.26 Å². The zero-order chi connectivity index (χ0) is 21.3. The molecule has 0 bridgehead atoms. The van der Waals surface area contributed by atoms with E-state index >= 15 is 4.39 Å². The Morgan fingerprint density at radius 3 is 2.79 bits per heavy atom. The van der Waals surface area contributed by atoms with Crippen LogP contribution in [0.25, 0.3) is 11.2 Å². The third-order valence-corrected chi connectivity index (χ3v) is 4.92. The summed E-state index contributed by atoms with van der Waals surface area (Å²) in [6.45, 7) is 1.11. The van der Waals surface area contributed by atoms with Crippen molar-refractivity contribution in [2.45, 2.75) is 43.8 Å². The van der Waals surface area contributed by atoms with Crippen LogP contribution in [0.3, 0.4) is 0 Å². The summed E-state index contributed by atoms with van der Waals surface area (Å²) in [6, 6.07) is 0. The third-order valence-electron chi connectivity index (χ3n) is 4.40. The zero-order valence-corrected chi connectivity index (χ0v) is 16.7. The summed E-state index contributed by atoms with van der Waals surface area (Å²) < 4.78 is 32.8. The van der Waals surface area contributed by atoms with E-state index in [-0.39, 0.29) is 17.5 Å². The number of rotatable bonds is 6. The normalized spacial score (nSPS) is 24.0. The molecule has 0 unspecified atom stereocenters. The van der Waals surface area contributed by atoms with Gasteiger partial charge >= 0.3 is 17.6 Å². The molecule has 3 rings (SSSR count). The van der Waals surface area contributed by atoms with E-state index in [9.17, 15) is 14.4 Å². The van der Waals surface area contributed by atoms with Crippen molar-refractivity contribution in [1.82, 2.24) is 19.1 Å². The molecule has 0 aromatic carbocycles. The van der Waals surface area contributed by atoms with Gasteiger partial charge in [-0.25, -0.2) is 18.7 Å². The number of anilines is 1. The number of nitrogen functional groups attached to an aromatic ring is 1. The molecule has 1 aliphatic rings. The molecule has 29 heavy (non-hydrogen) atoms. The quantitative estimate of drug-likeness (QED) is 0.634. The Kier molecular flexibility index (Phi) is 6.07. The Labute approximate surface area is 168 Å². The molecule has 0 saturated carbocycles. The molecule has 1 fully saturated rings. The lowest BCUT2D eigenvalue weighted by molar-refractivity contribution is -0.154. The average Bonchev–Trinajstić information content (AvgIpc) is 3.10. The van der Waals surface area contributed by atoms with Crippen LogP contribution in [0.4, 0.5) is 10.3 Å². The maximum absolute atomic E-state index is 15.0. The lowest BCUT2D eigenvalue weighted by atomic mass is 10.1. The Balaban J connectivity index is 2.13. The van der Waals surface area contributed by atoms with Gasteiger partial charge in [-0.1, -0.05) is 0 Å². The average molecular weight is 429 g/mol. The molecule has 158 valence electrons. The van der Waals surface area contributed by atoms with Crippen molar-refractivity contribution in [2.24, 2.45) is 0 Å². The summed E-state index contributed by atoms with van der Waals surface area (Å²) in [6.07, 6.45) is -3.21. The highest BCUT2D eigenvalue weighted by molar-refractivity contribution is 7.97. The number of hydrogen-bond donors (Lipinski definition) is 1. The van der Waals surface area contributed by atoms with Gasteiger partial charge in [0.1, 0.15) is 11.6 Å². The standard InChI is InChI=1S/C16H20FN5O6S/c1-7(23)27-12-11(17)9(4-10(24)26-2)28-14(12)22-13-8(5-19-15(18)20-13)21(6-29-3)16(22)25/h5,9,11-12,14H,4,6H2,1-3H3,(H2,18,19,20)/t9-,11-,12-,14-/m1/s1. The summed E-state index contributed by atoms with van der Waals surface area (Å²) in [5.41, 5.74) is 5.56. The van der Waals surface area contributed by atoms with Crippen molar-refractivity contribution in [3.05, 3.63) is 16.7 Å². The molecule has 0 radical (unpaired) electrons. The lowest BCUT2D eigenvalue weighted by Crippen LogP contribution is -2.37. The van der Waals surface area contributed by atoms with Crippen molar-refractivity contribution in [2.75, 3.05) is 19.1 Å². The van der Waals surface area contributed by atoms with Gasteiger partial charge in [0.15, 0.2) is 24.2 Å². The maximum atomic E-state index is 15.0. The van der Waals surface area contributed by atoms with E-state index in [2.05, 4.69) is 14.7 Å². The number of methoxy groups -OCH3 is 1. The van der Waals surface area contributed by atoms with E-state index in [0.29, 0.717) is 5.52 Å². The number of carbonyl (C=O) groups is 2. The van der Waals surface area contributed by atoms with E-state index in [4.69, 9.17) is 15.2 Å². The van der Waals surface area contributed by atoms with E-state index < -0.39 is 48.7 Å². The van der Waals surface area contributed by atoms with Gasteiger partial charge in [-0.05, 0) is 6.26 Å². The predicted octanol–water partition coefficient (Wildman–Crippen LogP) is 0.226. The van der Waals surface area contributed by atoms with E-state index in [1.165, 1.54) is 22.5 Å². The second kappa shape index (κ2) is 8.37. The fourth-order valence-electron chi connectivity index (χ4n) is 3.19. The Bertz CT molecular complexity index is 994. The number of carbonyl (C=O) groups excluding carboxylic acids is 2. The topological polar surface area (TPSA) is 141 Å². The summed E-state index contributed by atoms with van der Waals surface area (Å²) in [5, 5.41) is 0. The van der Waals surface area contributed by atoms with Crippen LogP contribution in [0.1, 0.15) is 19.6 Å². The molecule has 2 aromatic heterocycles. The molecule has 2 N–H and O–H groups in total. The van der Waals surface area contributed by atoms with Crippen LogP contribution >= 0.6 is 11.8 Å². The summed E-state index contributed by atoms with van der Waals surface area (Å²) in [5.74, 6) is -1.30. The largest absolute Gasteiger partial charge is 0.469 e. The molecule has 0 aliphatic carbocycles. The fourth-order valence-corrected chi connectivity index (χ4v) is 3.69. The van der Waals surface area contributed by atoms with E-state index in [1.807, 2.05) is 0 Å². The second-order valence-electron chi connectivity index (χ2n) is 6.30. The summed E-state index contributed by atoms with van der Waals surface area (Å²) in [7, 11) is 1.16. The number of halogens is 1. The lowest BCUT2D eigenvalue weighted by Gasteiger charge is -2.19. The molecule has 11 nitrogen and oxygen atoms in total. The highest BCUT2D eigenvalue weighted by Gasteiger charge is 2.50. The molecule has 0 spiro atoms. The number of nitrogens with two attached hydrogens (primary N) is 1. The number of thioether (sulfide) groups is 1. The highest BCUT2D eigenvalue weighted by Crippen LogP contribution is 2.36. The predicted molar refractivity (Wildman–Crippen MR) is 101 cm³/mol. The van der Waals surface area contributed by atoms with Gasteiger partial charge in [-0.2, -0.15) is 4.98 Å². The number of aromatic nitrogens is 4. The van der Waals surface area contributed by atoms with Crippen LogP contribution in [0.15, 0.2) is 11.0 Å². The summed E-state index contributed by atoms with van der Waals surface area (Å²) in [4.78, 5) is 44.2. The SMILES string of the molecule is COC(=O)C[C@H]1O[C@@H](n2c(=O)n(CSC)c3cnc(N)nc32)[C@H](OC(C)=O)[C@@H]1F. The van der Waals surface area contributed by atoms with Crippen LogP contribution < -0.4 is 11.4 Å². The third kappa shape index (κ3) is 3.92. The minimum atomic E-state index is -1.87. The summed E-state index contributed by atoms with van der Waals surface area (Å²) >= 11 is 1.37. The number of alkyl halides is 1. The van der Waals surface area contributed by atoms with Crippen molar-refractivity contribution in [3.63, 3.8) is 0 Å². The number of nitrogens with zero attached hydrogens (tertiary/aromatic N) is 4. The van der Waals surface area contributed by atoms with Crippen LogP contribution in [-0.4, -0.2) is 62.8 Å². The zero-order valence-electron chi connectivity index (χ0n) is 15.9. The number of fused-ring (bicyclic) bond motifs is 1. The number of ether oxygens (including phenoxy) is 3. The van der Waals surface area contributed by atoms with Crippen molar-refractivity contribution in [1.29, 1.82) is 0 Å². The molecular weight excluding hydrogens is 409 g/mol. The Morgan fingerprint density at radius 1 is 1.45 bits per heavy atom. The van der Waals surface area contributed by atoms with Gasteiger partial charge in [0.2, 0.25) is 5.95 Å². The maximum Gasteiger partial charge on any atom is 0.333 e. The first-order valence-electron chi connectivity index (χ1n) is 8.54. The van der Waals surface area contributed by atoms with Crippen LogP contribution in [0.2, 0.25) is 0 Å².